The van der Waals surface area contributed by atoms with Crippen LogP contribution in [0.3, 0.4) is 0 Å². The lowest BCUT2D eigenvalue weighted by atomic mass is 10.1. The van der Waals surface area contributed by atoms with Crippen molar-refractivity contribution in [3.05, 3.63) is 29.8 Å². The molecule has 1 aromatic carbocycles. The molecule has 2 rings (SSSR count). The Hall–Kier alpha value is -1.88. The zero-order valence-corrected chi connectivity index (χ0v) is 12.6. The molecule has 5 nitrogen and oxygen atoms in total. The number of anilines is 1. The monoisotopic (exact) mass is 290 g/mol. The van der Waals surface area contributed by atoms with Gasteiger partial charge in [-0.3, -0.25) is 9.59 Å². The highest BCUT2D eigenvalue weighted by Crippen LogP contribution is 2.22. The van der Waals surface area contributed by atoms with Gasteiger partial charge in [0, 0.05) is 30.8 Å². The van der Waals surface area contributed by atoms with Gasteiger partial charge in [-0.2, -0.15) is 0 Å². The molecule has 0 spiro atoms. The van der Waals surface area contributed by atoms with Crippen molar-refractivity contribution in [3.8, 4) is 0 Å². The topological polar surface area (TPSA) is 58.6 Å². The molecule has 2 amide bonds. The number of carbonyl (C=O) groups is 2. The minimum absolute atomic E-state index is 0.123. The molecular weight excluding hydrogens is 268 g/mol. The zero-order valence-electron chi connectivity index (χ0n) is 12.6. The molecule has 0 atom stereocenters. The fraction of sp³-hybridized carbons (Fsp3) is 0.500. The molecule has 0 radical (unpaired) electrons. The van der Waals surface area contributed by atoms with Crippen LogP contribution in [0.25, 0.3) is 0 Å². The van der Waals surface area contributed by atoms with Crippen LogP contribution in [0.2, 0.25) is 0 Å². The summed E-state index contributed by atoms with van der Waals surface area (Å²) in [6, 6.07) is 7.19. The molecule has 1 heterocycles. The number of carbonyl (C=O) groups excluding carboxylic acids is 2. The van der Waals surface area contributed by atoms with Crippen molar-refractivity contribution in [2.75, 3.05) is 24.6 Å². The smallest absolute Gasteiger partial charge is 0.251 e. The molecule has 0 saturated carbocycles. The minimum atomic E-state index is -0.143. The predicted molar refractivity (Wildman–Crippen MR) is 81.5 cm³/mol. The summed E-state index contributed by atoms with van der Waals surface area (Å²) in [4.78, 5) is 25.5. The third-order valence-electron chi connectivity index (χ3n) is 3.33. The Labute approximate surface area is 125 Å². The first-order chi connectivity index (χ1) is 10.1. The third kappa shape index (κ3) is 4.29. The Balaban J connectivity index is 1.93. The van der Waals surface area contributed by atoms with Gasteiger partial charge in [-0.1, -0.05) is 6.07 Å². The van der Waals surface area contributed by atoms with Gasteiger partial charge in [0.1, 0.15) is 0 Å². The fourth-order valence-electron chi connectivity index (χ4n) is 2.30. The highest BCUT2D eigenvalue weighted by molar-refractivity contribution is 5.99. The van der Waals surface area contributed by atoms with Crippen LogP contribution in [-0.2, 0) is 9.53 Å². The molecule has 0 aliphatic carbocycles. The number of amides is 2. The third-order valence-corrected chi connectivity index (χ3v) is 3.33. The van der Waals surface area contributed by atoms with E-state index in [0.717, 1.165) is 18.7 Å². The first-order valence-corrected chi connectivity index (χ1v) is 7.38. The summed E-state index contributed by atoms with van der Waals surface area (Å²) in [6.07, 6.45) is 1.62. The highest BCUT2D eigenvalue weighted by atomic mass is 16.5. The molecule has 0 unspecified atom stereocenters. The van der Waals surface area contributed by atoms with Gasteiger partial charge in [0.2, 0.25) is 5.91 Å². The molecule has 114 valence electrons. The van der Waals surface area contributed by atoms with E-state index in [1.54, 1.807) is 23.1 Å². The van der Waals surface area contributed by atoms with Crippen molar-refractivity contribution in [3.63, 3.8) is 0 Å². The lowest BCUT2D eigenvalue weighted by Gasteiger charge is -2.16. The van der Waals surface area contributed by atoms with Gasteiger partial charge in [-0.05, 0) is 38.5 Å². The van der Waals surface area contributed by atoms with Crippen LogP contribution >= 0.6 is 0 Å². The molecule has 1 saturated heterocycles. The second-order valence-electron chi connectivity index (χ2n) is 5.37. The lowest BCUT2D eigenvalue weighted by Crippen LogP contribution is -2.28. The van der Waals surface area contributed by atoms with Crippen molar-refractivity contribution in [2.24, 2.45) is 0 Å². The highest BCUT2D eigenvalue weighted by Gasteiger charge is 2.22. The van der Waals surface area contributed by atoms with E-state index < -0.39 is 0 Å². The largest absolute Gasteiger partial charge is 0.377 e. The SMILES string of the molecule is CC(C)OCCNC(=O)c1cccc(N2CCCC2=O)c1. The van der Waals surface area contributed by atoms with Gasteiger partial charge in [0.15, 0.2) is 0 Å². The Morgan fingerprint density at radius 1 is 1.43 bits per heavy atom. The predicted octanol–water partition coefficient (Wildman–Crippen LogP) is 1.97. The maximum Gasteiger partial charge on any atom is 0.251 e. The molecule has 1 aliphatic rings. The lowest BCUT2D eigenvalue weighted by molar-refractivity contribution is -0.117. The Morgan fingerprint density at radius 3 is 2.90 bits per heavy atom. The van der Waals surface area contributed by atoms with E-state index in [2.05, 4.69) is 5.32 Å². The molecule has 1 aliphatic heterocycles. The van der Waals surface area contributed by atoms with Crippen molar-refractivity contribution in [1.82, 2.24) is 5.32 Å². The van der Waals surface area contributed by atoms with Crippen LogP contribution in [0, 0.1) is 0 Å². The van der Waals surface area contributed by atoms with E-state index in [9.17, 15) is 9.59 Å². The summed E-state index contributed by atoms with van der Waals surface area (Å²) < 4.78 is 5.38. The Bertz CT molecular complexity index is 514. The molecule has 0 aromatic heterocycles. The maximum absolute atomic E-state index is 12.1. The number of hydrogen-bond acceptors (Lipinski definition) is 3. The van der Waals surface area contributed by atoms with Crippen molar-refractivity contribution < 1.29 is 14.3 Å². The van der Waals surface area contributed by atoms with E-state index >= 15 is 0 Å². The summed E-state index contributed by atoms with van der Waals surface area (Å²) in [5.41, 5.74) is 1.36. The molecule has 5 heteroatoms. The van der Waals surface area contributed by atoms with Crippen LogP contribution in [0.1, 0.15) is 37.0 Å². The molecule has 1 N–H and O–H groups in total. The minimum Gasteiger partial charge on any atom is -0.377 e. The van der Waals surface area contributed by atoms with E-state index in [-0.39, 0.29) is 17.9 Å². The Morgan fingerprint density at radius 2 is 2.24 bits per heavy atom. The summed E-state index contributed by atoms with van der Waals surface area (Å²) >= 11 is 0. The van der Waals surface area contributed by atoms with Crippen LogP contribution in [-0.4, -0.2) is 37.6 Å². The molecule has 1 fully saturated rings. The van der Waals surface area contributed by atoms with Gasteiger partial charge in [-0.25, -0.2) is 0 Å². The van der Waals surface area contributed by atoms with Crippen LogP contribution in [0.15, 0.2) is 24.3 Å². The number of hydrogen-bond donors (Lipinski definition) is 1. The quantitative estimate of drug-likeness (QED) is 0.815. The standard InChI is InChI=1S/C16H22N2O3/c1-12(2)21-10-8-17-16(20)13-5-3-6-14(11-13)18-9-4-7-15(18)19/h3,5-6,11-12H,4,7-10H2,1-2H3,(H,17,20). The number of rotatable bonds is 6. The van der Waals surface area contributed by atoms with Crippen LogP contribution < -0.4 is 10.2 Å². The normalized spacial score (nSPS) is 14.8. The van der Waals surface area contributed by atoms with Gasteiger partial charge >= 0.3 is 0 Å². The van der Waals surface area contributed by atoms with E-state index in [1.165, 1.54) is 0 Å². The average molecular weight is 290 g/mol. The molecular formula is C16H22N2O3. The zero-order chi connectivity index (χ0) is 15.2. The summed E-state index contributed by atoms with van der Waals surface area (Å²) in [7, 11) is 0. The summed E-state index contributed by atoms with van der Waals surface area (Å²) in [6.45, 7) is 5.61. The van der Waals surface area contributed by atoms with Gasteiger partial charge in [0.25, 0.3) is 5.91 Å². The van der Waals surface area contributed by atoms with E-state index in [1.807, 2.05) is 19.9 Å². The van der Waals surface area contributed by atoms with E-state index in [4.69, 9.17) is 4.74 Å². The van der Waals surface area contributed by atoms with Crippen molar-refractivity contribution in [2.45, 2.75) is 32.8 Å². The van der Waals surface area contributed by atoms with Crippen LogP contribution in [0.5, 0.6) is 0 Å². The van der Waals surface area contributed by atoms with Gasteiger partial charge in [-0.15, -0.1) is 0 Å². The van der Waals surface area contributed by atoms with E-state index in [0.29, 0.717) is 25.1 Å². The van der Waals surface area contributed by atoms with Crippen molar-refractivity contribution in [1.29, 1.82) is 0 Å². The number of nitrogens with zero attached hydrogens (tertiary/aromatic N) is 1. The molecule has 0 bridgehead atoms. The number of benzene rings is 1. The first-order valence-electron chi connectivity index (χ1n) is 7.38. The fourth-order valence-corrected chi connectivity index (χ4v) is 2.30. The molecule has 21 heavy (non-hydrogen) atoms. The van der Waals surface area contributed by atoms with Gasteiger partial charge < -0.3 is 15.0 Å². The average Bonchev–Trinajstić information content (AvgIpc) is 2.89. The summed E-state index contributed by atoms with van der Waals surface area (Å²) in [5, 5.41) is 2.82. The Kier molecular flexibility index (Phi) is 5.33. The van der Waals surface area contributed by atoms with Crippen molar-refractivity contribution >= 4 is 17.5 Å². The maximum atomic E-state index is 12.1. The van der Waals surface area contributed by atoms with Gasteiger partial charge in [0.05, 0.1) is 12.7 Å². The second-order valence-corrected chi connectivity index (χ2v) is 5.37. The number of ether oxygens (including phenoxy) is 1. The number of nitrogens with one attached hydrogen (secondary N) is 1. The summed E-state index contributed by atoms with van der Waals surface area (Å²) in [5.74, 6) is -0.0197. The second kappa shape index (κ2) is 7.22. The molecule has 1 aromatic rings. The first kappa shape index (κ1) is 15.5. The van der Waals surface area contributed by atoms with Crippen LogP contribution in [0.4, 0.5) is 5.69 Å².